The highest BCUT2D eigenvalue weighted by atomic mass is 32.1. The van der Waals surface area contributed by atoms with Crippen LogP contribution < -0.4 is 5.73 Å². The fourth-order valence-electron chi connectivity index (χ4n) is 2.17. The van der Waals surface area contributed by atoms with E-state index in [0.717, 1.165) is 12.1 Å². The molecular formula is C14H18N2OS. The molecule has 0 atom stereocenters. The molecule has 2 rings (SSSR count). The molecule has 1 fully saturated rings. The van der Waals surface area contributed by atoms with Gasteiger partial charge in [0.2, 0.25) is 0 Å². The molecule has 0 saturated heterocycles. The number of nitrogens with two attached hydrogens (primary N) is 1. The second kappa shape index (κ2) is 5.48. The number of hydrogen-bond acceptors (Lipinski definition) is 2. The maximum atomic E-state index is 12.2. The van der Waals surface area contributed by atoms with E-state index in [9.17, 15) is 4.79 Å². The molecule has 1 saturated carbocycles. The maximum absolute atomic E-state index is 12.2. The molecule has 1 aromatic carbocycles. The molecule has 4 heteroatoms. The molecular weight excluding hydrogens is 244 g/mol. The van der Waals surface area contributed by atoms with Crippen molar-refractivity contribution in [3.05, 3.63) is 35.4 Å². The topological polar surface area (TPSA) is 46.3 Å². The van der Waals surface area contributed by atoms with E-state index in [1.54, 1.807) is 17.0 Å². The average Bonchev–Trinajstić information content (AvgIpc) is 2.32. The number of benzene rings is 1. The van der Waals surface area contributed by atoms with Crippen molar-refractivity contribution >= 4 is 23.1 Å². The van der Waals surface area contributed by atoms with Crippen LogP contribution in [0.3, 0.4) is 0 Å². The van der Waals surface area contributed by atoms with Gasteiger partial charge in [0, 0.05) is 24.7 Å². The molecule has 0 radical (unpaired) electrons. The normalized spacial score (nSPS) is 14.9. The minimum Gasteiger partial charge on any atom is -0.389 e. The Hall–Kier alpha value is -1.42. The molecule has 0 spiro atoms. The fraction of sp³-hybridized carbons (Fsp3) is 0.429. The SMILES string of the molecule is CN(CC1CCC1)C(=O)c1cccc(C(N)=S)c1. The average molecular weight is 262 g/mol. The molecule has 1 amide bonds. The number of rotatable bonds is 4. The highest BCUT2D eigenvalue weighted by molar-refractivity contribution is 7.80. The minimum absolute atomic E-state index is 0.0417. The fourth-order valence-corrected chi connectivity index (χ4v) is 2.30. The molecule has 1 aliphatic rings. The van der Waals surface area contributed by atoms with Crippen molar-refractivity contribution in [1.29, 1.82) is 0 Å². The third kappa shape index (κ3) is 2.88. The van der Waals surface area contributed by atoms with Crippen LogP contribution >= 0.6 is 12.2 Å². The van der Waals surface area contributed by atoms with Crippen molar-refractivity contribution in [3.63, 3.8) is 0 Å². The molecule has 0 heterocycles. The number of amides is 1. The summed E-state index contributed by atoms with van der Waals surface area (Å²) in [5.41, 5.74) is 6.97. The van der Waals surface area contributed by atoms with Crippen LogP contribution in [0.15, 0.2) is 24.3 Å². The lowest BCUT2D eigenvalue weighted by atomic mass is 9.85. The first-order chi connectivity index (χ1) is 8.58. The van der Waals surface area contributed by atoms with E-state index in [1.165, 1.54) is 19.3 Å². The third-order valence-corrected chi connectivity index (χ3v) is 3.73. The summed E-state index contributed by atoms with van der Waals surface area (Å²) in [5, 5.41) is 0. The Morgan fingerprint density at radius 2 is 2.11 bits per heavy atom. The van der Waals surface area contributed by atoms with Gasteiger partial charge < -0.3 is 10.6 Å². The molecule has 3 nitrogen and oxygen atoms in total. The molecule has 2 N–H and O–H groups in total. The number of carbonyl (C=O) groups is 1. The zero-order valence-corrected chi connectivity index (χ0v) is 11.4. The predicted octanol–water partition coefficient (Wildman–Crippen LogP) is 2.19. The van der Waals surface area contributed by atoms with E-state index in [2.05, 4.69) is 0 Å². The van der Waals surface area contributed by atoms with Crippen molar-refractivity contribution < 1.29 is 4.79 Å². The van der Waals surface area contributed by atoms with Crippen LogP contribution in [0.2, 0.25) is 0 Å². The van der Waals surface area contributed by atoms with Crippen LogP contribution in [0.4, 0.5) is 0 Å². The number of nitrogens with zero attached hydrogens (tertiary/aromatic N) is 1. The van der Waals surface area contributed by atoms with Gasteiger partial charge >= 0.3 is 0 Å². The van der Waals surface area contributed by atoms with Gasteiger partial charge in [-0.15, -0.1) is 0 Å². The van der Waals surface area contributed by atoms with Crippen molar-refractivity contribution in [2.24, 2.45) is 11.7 Å². The van der Waals surface area contributed by atoms with Crippen LogP contribution in [0.1, 0.15) is 35.2 Å². The second-order valence-electron chi connectivity index (χ2n) is 4.93. The third-order valence-electron chi connectivity index (χ3n) is 3.50. The van der Waals surface area contributed by atoms with E-state index in [-0.39, 0.29) is 5.91 Å². The summed E-state index contributed by atoms with van der Waals surface area (Å²) >= 11 is 4.92. The number of hydrogen-bond donors (Lipinski definition) is 1. The zero-order valence-electron chi connectivity index (χ0n) is 10.6. The molecule has 0 aliphatic heterocycles. The minimum atomic E-state index is 0.0417. The predicted molar refractivity (Wildman–Crippen MR) is 76.6 cm³/mol. The summed E-state index contributed by atoms with van der Waals surface area (Å²) in [4.78, 5) is 14.4. The van der Waals surface area contributed by atoms with Crippen LogP contribution in [-0.4, -0.2) is 29.4 Å². The first-order valence-electron chi connectivity index (χ1n) is 6.23. The maximum Gasteiger partial charge on any atom is 0.253 e. The second-order valence-corrected chi connectivity index (χ2v) is 5.37. The Kier molecular flexibility index (Phi) is 3.97. The monoisotopic (exact) mass is 262 g/mol. The highest BCUT2D eigenvalue weighted by Crippen LogP contribution is 2.27. The van der Waals surface area contributed by atoms with Gasteiger partial charge in [0.25, 0.3) is 5.91 Å². The van der Waals surface area contributed by atoms with E-state index < -0.39 is 0 Å². The van der Waals surface area contributed by atoms with Gasteiger partial charge in [-0.1, -0.05) is 30.8 Å². The summed E-state index contributed by atoms with van der Waals surface area (Å²) in [6.45, 7) is 0.843. The van der Waals surface area contributed by atoms with Gasteiger partial charge in [-0.2, -0.15) is 0 Å². The summed E-state index contributed by atoms with van der Waals surface area (Å²) in [7, 11) is 1.86. The molecule has 1 aliphatic carbocycles. The lowest BCUT2D eigenvalue weighted by Crippen LogP contribution is -2.34. The van der Waals surface area contributed by atoms with Crippen LogP contribution in [0.25, 0.3) is 0 Å². The Balaban J connectivity index is 2.07. The van der Waals surface area contributed by atoms with Crippen molar-refractivity contribution in [1.82, 2.24) is 4.90 Å². The quantitative estimate of drug-likeness (QED) is 0.846. The molecule has 0 unspecified atom stereocenters. The standard InChI is InChI=1S/C14H18N2OS/c1-16(9-10-4-2-5-10)14(17)12-7-3-6-11(8-12)13(15)18/h3,6-8,10H,2,4-5,9H2,1H3,(H2,15,18). The lowest BCUT2D eigenvalue weighted by molar-refractivity contribution is 0.0745. The van der Waals surface area contributed by atoms with Gasteiger partial charge in [-0.25, -0.2) is 0 Å². The summed E-state index contributed by atoms with van der Waals surface area (Å²) < 4.78 is 0. The van der Waals surface area contributed by atoms with Crippen LogP contribution in [-0.2, 0) is 0 Å². The Labute approximate surface area is 113 Å². The zero-order chi connectivity index (χ0) is 13.1. The number of carbonyl (C=O) groups excluding carboxylic acids is 1. The molecule has 96 valence electrons. The largest absolute Gasteiger partial charge is 0.389 e. The number of thiocarbonyl (C=S) groups is 1. The van der Waals surface area contributed by atoms with Gasteiger partial charge in [-0.05, 0) is 30.9 Å². The van der Waals surface area contributed by atoms with Crippen molar-refractivity contribution in [2.75, 3.05) is 13.6 Å². The van der Waals surface area contributed by atoms with Gasteiger partial charge in [0.05, 0.1) is 0 Å². The van der Waals surface area contributed by atoms with E-state index >= 15 is 0 Å². The van der Waals surface area contributed by atoms with Gasteiger partial charge in [0.1, 0.15) is 4.99 Å². The van der Waals surface area contributed by atoms with Crippen molar-refractivity contribution in [3.8, 4) is 0 Å². The Morgan fingerprint density at radius 3 is 2.67 bits per heavy atom. The van der Waals surface area contributed by atoms with E-state index in [0.29, 0.717) is 16.5 Å². The summed E-state index contributed by atoms with van der Waals surface area (Å²) in [5.74, 6) is 0.720. The lowest BCUT2D eigenvalue weighted by Gasteiger charge is -2.30. The molecule has 18 heavy (non-hydrogen) atoms. The molecule has 1 aromatic rings. The summed E-state index contributed by atoms with van der Waals surface area (Å²) in [6.07, 6.45) is 3.78. The Morgan fingerprint density at radius 1 is 1.44 bits per heavy atom. The highest BCUT2D eigenvalue weighted by Gasteiger charge is 2.22. The van der Waals surface area contributed by atoms with E-state index in [4.69, 9.17) is 18.0 Å². The van der Waals surface area contributed by atoms with Crippen LogP contribution in [0.5, 0.6) is 0 Å². The van der Waals surface area contributed by atoms with Crippen LogP contribution in [0, 0.1) is 5.92 Å². The van der Waals surface area contributed by atoms with Gasteiger partial charge in [0.15, 0.2) is 0 Å². The first-order valence-corrected chi connectivity index (χ1v) is 6.64. The Bertz CT molecular complexity index is 469. The smallest absolute Gasteiger partial charge is 0.253 e. The van der Waals surface area contributed by atoms with E-state index in [1.807, 2.05) is 19.2 Å². The summed E-state index contributed by atoms with van der Waals surface area (Å²) in [6, 6.07) is 7.22. The van der Waals surface area contributed by atoms with Gasteiger partial charge in [-0.3, -0.25) is 4.79 Å². The molecule has 0 aromatic heterocycles. The van der Waals surface area contributed by atoms with Crippen molar-refractivity contribution in [2.45, 2.75) is 19.3 Å². The first kappa shape index (κ1) is 13.0. The molecule has 0 bridgehead atoms.